The fourth-order valence-electron chi connectivity index (χ4n) is 4.42. The van der Waals surface area contributed by atoms with E-state index in [1.807, 2.05) is 64.3 Å². The molecule has 0 fully saturated rings. The zero-order valence-electron chi connectivity index (χ0n) is 25.9. The van der Waals surface area contributed by atoms with Crippen molar-refractivity contribution in [2.24, 2.45) is 17.8 Å². The minimum atomic E-state index is -0.967. The molecule has 1 aromatic rings. The Balaban J connectivity index is 3.26. The molecule has 0 aliphatic rings. The maximum absolute atomic E-state index is 13.7. The lowest BCUT2D eigenvalue weighted by atomic mass is 9.93. The number of thioether (sulfide) groups is 1. The van der Waals surface area contributed by atoms with Crippen molar-refractivity contribution in [2.45, 2.75) is 98.3 Å². The van der Waals surface area contributed by atoms with Crippen LogP contribution in [-0.4, -0.2) is 65.6 Å². The summed E-state index contributed by atoms with van der Waals surface area (Å²) in [5, 5.41) is 11.3. The van der Waals surface area contributed by atoms with Gasteiger partial charge >= 0.3 is 0 Å². The molecule has 0 spiro atoms. The Labute approximate surface area is 250 Å². The molecule has 9 nitrogen and oxygen atoms in total. The molecule has 230 valence electrons. The second-order valence-electron chi connectivity index (χ2n) is 11.4. The van der Waals surface area contributed by atoms with Gasteiger partial charge in [-0.25, -0.2) is 0 Å². The molecule has 4 amide bonds. The normalized spacial score (nSPS) is 14.9. The van der Waals surface area contributed by atoms with Gasteiger partial charge in [0.1, 0.15) is 18.1 Å². The van der Waals surface area contributed by atoms with Gasteiger partial charge in [0.25, 0.3) is 0 Å². The fraction of sp³-hybridized carbons (Fsp3) is 0.645. The number of rotatable bonds is 18. The molecule has 0 saturated heterocycles. The van der Waals surface area contributed by atoms with E-state index in [2.05, 4.69) is 21.3 Å². The molecule has 0 bridgehead atoms. The molecule has 0 saturated carbocycles. The number of benzene rings is 1. The average molecular weight is 591 g/mol. The van der Waals surface area contributed by atoms with Gasteiger partial charge in [-0.1, -0.05) is 78.3 Å². The first-order chi connectivity index (χ1) is 19.3. The van der Waals surface area contributed by atoms with Crippen LogP contribution in [-0.2, 0) is 30.4 Å². The number of carbonyl (C=O) groups is 5. The van der Waals surface area contributed by atoms with Crippen LogP contribution in [0.2, 0.25) is 0 Å². The highest BCUT2D eigenvalue weighted by Gasteiger charge is 2.33. The predicted molar refractivity (Wildman–Crippen MR) is 165 cm³/mol. The quantitative estimate of drug-likeness (QED) is 0.207. The number of carbonyl (C=O) groups excluding carboxylic acids is 5. The lowest BCUT2D eigenvalue weighted by Crippen LogP contribution is -2.59. The number of amides is 4. The third kappa shape index (κ3) is 13.1. The first-order valence-corrected chi connectivity index (χ1v) is 15.9. The second-order valence-corrected chi connectivity index (χ2v) is 12.4. The van der Waals surface area contributed by atoms with Crippen LogP contribution in [0.5, 0.6) is 0 Å². The minimum Gasteiger partial charge on any atom is -0.345 e. The SMILES string of the molecule is CCC(C)C(NC(=O)C(CCSC)NC(C)=O)C(=O)NC(Cc1ccccc1)C(=O)NC(CC(C)C)C(=O)C(C)C. The van der Waals surface area contributed by atoms with Crippen LogP contribution in [0.1, 0.15) is 73.3 Å². The zero-order chi connectivity index (χ0) is 31.1. The van der Waals surface area contributed by atoms with Crippen molar-refractivity contribution in [2.75, 3.05) is 12.0 Å². The molecule has 10 heteroatoms. The first-order valence-electron chi connectivity index (χ1n) is 14.5. The third-order valence-corrected chi connectivity index (χ3v) is 7.59. The fourth-order valence-corrected chi connectivity index (χ4v) is 4.89. The van der Waals surface area contributed by atoms with Gasteiger partial charge in [0.05, 0.1) is 6.04 Å². The van der Waals surface area contributed by atoms with E-state index in [9.17, 15) is 24.0 Å². The maximum atomic E-state index is 13.7. The van der Waals surface area contributed by atoms with Crippen LogP contribution in [0.3, 0.4) is 0 Å². The number of ketones is 1. The van der Waals surface area contributed by atoms with E-state index >= 15 is 0 Å². The number of hydrogen-bond donors (Lipinski definition) is 4. The maximum Gasteiger partial charge on any atom is 0.243 e. The van der Waals surface area contributed by atoms with Crippen molar-refractivity contribution < 1.29 is 24.0 Å². The van der Waals surface area contributed by atoms with E-state index in [-0.39, 0.29) is 35.9 Å². The Kier molecular flexibility index (Phi) is 16.3. The zero-order valence-corrected chi connectivity index (χ0v) is 26.7. The van der Waals surface area contributed by atoms with Crippen molar-refractivity contribution in [3.8, 4) is 0 Å². The monoisotopic (exact) mass is 590 g/mol. The van der Waals surface area contributed by atoms with Gasteiger partial charge in [-0.15, -0.1) is 0 Å². The van der Waals surface area contributed by atoms with Crippen molar-refractivity contribution in [3.05, 3.63) is 35.9 Å². The first kappa shape index (κ1) is 36.1. The minimum absolute atomic E-state index is 0.0594. The van der Waals surface area contributed by atoms with E-state index < -0.39 is 41.9 Å². The molecular weight excluding hydrogens is 540 g/mol. The summed E-state index contributed by atoms with van der Waals surface area (Å²) in [4.78, 5) is 65.1. The lowest BCUT2D eigenvalue weighted by Gasteiger charge is -2.29. The summed E-state index contributed by atoms with van der Waals surface area (Å²) in [5.41, 5.74) is 0.843. The van der Waals surface area contributed by atoms with Crippen molar-refractivity contribution in [1.82, 2.24) is 21.3 Å². The number of hydrogen-bond acceptors (Lipinski definition) is 6. The highest BCUT2D eigenvalue weighted by atomic mass is 32.2. The summed E-state index contributed by atoms with van der Waals surface area (Å²) in [6.45, 7) is 12.7. The summed E-state index contributed by atoms with van der Waals surface area (Å²) in [6.07, 6.45) is 3.63. The highest BCUT2D eigenvalue weighted by molar-refractivity contribution is 7.98. The van der Waals surface area contributed by atoms with Gasteiger partial charge in [-0.3, -0.25) is 24.0 Å². The summed E-state index contributed by atoms with van der Waals surface area (Å²) < 4.78 is 0. The highest BCUT2D eigenvalue weighted by Crippen LogP contribution is 2.14. The topological polar surface area (TPSA) is 133 Å². The van der Waals surface area contributed by atoms with Crippen LogP contribution in [0.15, 0.2) is 30.3 Å². The Morgan fingerprint density at radius 1 is 0.780 bits per heavy atom. The summed E-state index contributed by atoms with van der Waals surface area (Å²) in [7, 11) is 0. The molecule has 41 heavy (non-hydrogen) atoms. The Bertz CT molecular complexity index is 1000. The molecule has 1 aromatic carbocycles. The smallest absolute Gasteiger partial charge is 0.243 e. The molecule has 5 unspecified atom stereocenters. The standard InChI is InChI=1S/C31H50N4O5S/c1-9-21(6)27(35-29(38)24(15-16-41-8)32-22(7)36)31(40)34-26(18-23-13-11-10-12-14-23)30(39)33-25(17-19(2)3)28(37)20(4)5/h10-14,19-21,24-27H,9,15-18H2,1-8H3,(H,32,36)(H,33,39)(H,34,40)(H,35,38). The molecule has 5 atom stereocenters. The van der Waals surface area contributed by atoms with Gasteiger partial charge in [0.15, 0.2) is 5.78 Å². The molecular formula is C31H50N4O5S. The summed E-state index contributed by atoms with van der Waals surface area (Å²) in [5.74, 6) is -1.44. The Hall–Kier alpha value is -2.88. The molecule has 0 aromatic heterocycles. The van der Waals surface area contributed by atoms with Crippen molar-refractivity contribution in [1.29, 1.82) is 0 Å². The van der Waals surface area contributed by atoms with E-state index in [4.69, 9.17) is 0 Å². The summed E-state index contributed by atoms with van der Waals surface area (Å²) >= 11 is 1.56. The van der Waals surface area contributed by atoms with E-state index in [0.29, 0.717) is 25.0 Å². The van der Waals surface area contributed by atoms with E-state index in [1.54, 1.807) is 25.6 Å². The molecule has 0 aliphatic carbocycles. The molecule has 4 N–H and O–H groups in total. The van der Waals surface area contributed by atoms with Gasteiger partial charge in [-0.2, -0.15) is 11.8 Å². The largest absolute Gasteiger partial charge is 0.345 e. The molecule has 1 rings (SSSR count). The molecule has 0 radical (unpaired) electrons. The van der Waals surface area contributed by atoms with Gasteiger partial charge in [0, 0.05) is 19.3 Å². The Morgan fingerprint density at radius 2 is 1.37 bits per heavy atom. The van der Waals surface area contributed by atoms with Crippen molar-refractivity contribution >= 4 is 41.2 Å². The number of Topliss-reactive ketones (excluding diaryl/α,β-unsaturated/α-hetero) is 1. The molecule has 0 heterocycles. The summed E-state index contributed by atoms with van der Waals surface area (Å²) in [6, 6.07) is 5.99. The second kappa shape index (κ2) is 18.5. The van der Waals surface area contributed by atoms with Crippen molar-refractivity contribution in [3.63, 3.8) is 0 Å². The van der Waals surface area contributed by atoms with Crippen LogP contribution < -0.4 is 21.3 Å². The Morgan fingerprint density at radius 3 is 1.88 bits per heavy atom. The van der Waals surface area contributed by atoms with E-state index in [0.717, 1.165) is 5.56 Å². The lowest BCUT2D eigenvalue weighted by molar-refractivity contribution is -0.135. The van der Waals surface area contributed by atoms with Crippen LogP contribution in [0.4, 0.5) is 0 Å². The van der Waals surface area contributed by atoms with Gasteiger partial charge < -0.3 is 21.3 Å². The van der Waals surface area contributed by atoms with Crippen LogP contribution >= 0.6 is 11.8 Å². The van der Waals surface area contributed by atoms with Crippen LogP contribution in [0.25, 0.3) is 0 Å². The molecule has 0 aliphatic heterocycles. The average Bonchev–Trinajstić information content (AvgIpc) is 2.92. The van der Waals surface area contributed by atoms with Crippen LogP contribution in [0, 0.1) is 17.8 Å². The number of nitrogens with one attached hydrogen (secondary N) is 4. The third-order valence-electron chi connectivity index (χ3n) is 6.95. The van der Waals surface area contributed by atoms with E-state index in [1.165, 1.54) is 6.92 Å². The van der Waals surface area contributed by atoms with Gasteiger partial charge in [0.2, 0.25) is 23.6 Å². The van der Waals surface area contributed by atoms with Gasteiger partial charge in [-0.05, 0) is 42.2 Å². The predicted octanol–water partition coefficient (Wildman–Crippen LogP) is 3.26.